The average molecular weight is 234 g/mol. The summed E-state index contributed by atoms with van der Waals surface area (Å²) in [6.07, 6.45) is 5.87. The van der Waals surface area contributed by atoms with Crippen molar-refractivity contribution in [3.63, 3.8) is 0 Å². The van der Waals surface area contributed by atoms with E-state index in [1.165, 1.54) is 12.5 Å². The number of aryl methyl sites for hydroxylation is 1. The van der Waals surface area contributed by atoms with Crippen molar-refractivity contribution in [3.05, 3.63) is 35.1 Å². The molecule has 1 saturated carbocycles. The maximum atomic E-state index is 13.0. The fourth-order valence-corrected chi connectivity index (χ4v) is 2.60. The monoisotopic (exact) mass is 234 g/mol. The third kappa shape index (κ3) is 3.15. The summed E-state index contributed by atoms with van der Waals surface area (Å²) in [7, 11) is 0. The van der Waals surface area contributed by atoms with E-state index in [1.54, 1.807) is 6.07 Å². The van der Waals surface area contributed by atoms with Crippen molar-refractivity contribution in [2.24, 2.45) is 5.92 Å². The van der Waals surface area contributed by atoms with E-state index in [9.17, 15) is 9.18 Å². The molecule has 0 radical (unpaired) electrons. The summed E-state index contributed by atoms with van der Waals surface area (Å²) in [4.78, 5) is 11.9. The van der Waals surface area contributed by atoms with Gasteiger partial charge in [0.1, 0.15) is 11.6 Å². The lowest BCUT2D eigenvalue weighted by Gasteiger charge is -2.14. The zero-order chi connectivity index (χ0) is 12.3. The largest absolute Gasteiger partial charge is 0.299 e. The molecule has 1 unspecified atom stereocenters. The van der Waals surface area contributed by atoms with Crippen molar-refractivity contribution in [2.75, 3.05) is 0 Å². The van der Waals surface area contributed by atoms with Gasteiger partial charge < -0.3 is 0 Å². The van der Waals surface area contributed by atoms with E-state index in [0.717, 1.165) is 43.2 Å². The number of carbonyl (C=O) groups is 1. The Bertz CT molecular complexity index is 411. The third-order valence-corrected chi connectivity index (χ3v) is 3.70. The van der Waals surface area contributed by atoms with Crippen LogP contribution in [0.2, 0.25) is 0 Å². The lowest BCUT2D eigenvalue weighted by atomic mass is 9.90. The van der Waals surface area contributed by atoms with E-state index < -0.39 is 0 Å². The number of ketones is 1. The first kappa shape index (κ1) is 12.3. The molecule has 92 valence electrons. The molecule has 1 fully saturated rings. The van der Waals surface area contributed by atoms with Gasteiger partial charge in [-0.3, -0.25) is 4.79 Å². The Morgan fingerprint density at radius 3 is 2.88 bits per heavy atom. The van der Waals surface area contributed by atoms with Crippen LogP contribution in [0.4, 0.5) is 4.39 Å². The highest BCUT2D eigenvalue weighted by molar-refractivity contribution is 5.81. The fourth-order valence-electron chi connectivity index (χ4n) is 2.60. The fraction of sp³-hybridized carbons (Fsp3) is 0.533. The quantitative estimate of drug-likeness (QED) is 0.711. The average Bonchev–Trinajstić information content (AvgIpc) is 2.48. The molecule has 1 atom stereocenters. The van der Waals surface area contributed by atoms with Crippen LogP contribution in [0.5, 0.6) is 0 Å². The van der Waals surface area contributed by atoms with Gasteiger partial charge in [0, 0.05) is 12.3 Å². The summed E-state index contributed by atoms with van der Waals surface area (Å²) in [5.74, 6) is 0.353. The van der Waals surface area contributed by atoms with Crippen LogP contribution in [0.25, 0.3) is 0 Å². The van der Waals surface area contributed by atoms with E-state index in [0.29, 0.717) is 5.78 Å². The maximum absolute atomic E-state index is 13.0. The first-order chi connectivity index (χ1) is 8.16. The van der Waals surface area contributed by atoms with Crippen molar-refractivity contribution in [1.29, 1.82) is 0 Å². The highest BCUT2D eigenvalue weighted by Crippen LogP contribution is 2.24. The minimum Gasteiger partial charge on any atom is -0.299 e. The summed E-state index contributed by atoms with van der Waals surface area (Å²) in [5, 5.41) is 0. The first-order valence-corrected chi connectivity index (χ1v) is 6.44. The van der Waals surface area contributed by atoms with E-state index in [-0.39, 0.29) is 11.7 Å². The van der Waals surface area contributed by atoms with Crippen molar-refractivity contribution >= 4 is 5.78 Å². The van der Waals surface area contributed by atoms with Crippen LogP contribution in [0.1, 0.15) is 43.2 Å². The van der Waals surface area contributed by atoms with Gasteiger partial charge in [0.15, 0.2) is 0 Å². The Kier molecular flexibility index (Phi) is 3.93. The van der Waals surface area contributed by atoms with Gasteiger partial charge in [-0.2, -0.15) is 0 Å². The van der Waals surface area contributed by atoms with Gasteiger partial charge in [-0.15, -0.1) is 0 Å². The summed E-state index contributed by atoms with van der Waals surface area (Å²) in [6, 6.07) is 4.86. The predicted octanol–water partition coefficient (Wildman–Crippen LogP) is 3.83. The van der Waals surface area contributed by atoms with Gasteiger partial charge in [0.05, 0.1) is 0 Å². The minimum absolute atomic E-state index is 0.154. The molecular weight excluding hydrogens is 215 g/mol. The molecule has 1 aliphatic rings. The second-order valence-corrected chi connectivity index (χ2v) is 5.04. The number of hydrogen-bond donors (Lipinski definition) is 0. The van der Waals surface area contributed by atoms with Gasteiger partial charge >= 0.3 is 0 Å². The summed E-state index contributed by atoms with van der Waals surface area (Å²) < 4.78 is 13.0. The second-order valence-electron chi connectivity index (χ2n) is 5.04. The highest BCUT2D eigenvalue weighted by Gasteiger charge is 2.21. The molecule has 1 aromatic carbocycles. The van der Waals surface area contributed by atoms with E-state index >= 15 is 0 Å². The van der Waals surface area contributed by atoms with Gasteiger partial charge in [0.2, 0.25) is 0 Å². The molecule has 0 saturated heterocycles. The van der Waals surface area contributed by atoms with E-state index in [4.69, 9.17) is 0 Å². The first-order valence-electron chi connectivity index (χ1n) is 6.44. The third-order valence-electron chi connectivity index (χ3n) is 3.70. The zero-order valence-corrected chi connectivity index (χ0v) is 10.3. The van der Waals surface area contributed by atoms with Crippen LogP contribution in [-0.4, -0.2) is 5.78 Å². The Labute approximate surface area is 102 Å². The Hall–Kier alpha value is -1.18. The van der Waals surface area contributed by atoms with Crippen LogP contribution in [0.3, 0.4) is 0 Å². The molecule has 1 aromatic rings. The number of halogens is 1. The molecule has 0 heterocycles. The minimum atomic E-state index is -0.196. The standard InChI is InChI=1S/C15H19FO/c1-11-9-14(16)8-7-12(11)10-13-5-3-2-4-6-15(13)17/h7-9,13H,2-6,10H2,1H3. The van der Waals surface area contributed by atoms with Crippen LogP contribution < -0.4 is 0 Å². The SMILES string of the molecule is Cc1cc(F)ccc1CC1CCCCCC1=O. The van der Waals surface area contributed by atoms with Gasteiger partial charge in [0.25, 0.3) is 0 Å². The number of carbonyl (C=O) groups excluding carboxylic acids is 1. The molecular formula is C15H19FO. The Morgan fingerprint density at radius 2 is 2.12 bits per heavy atom. The number of rotatable bonds is 2. The number of Topliss-reactive ketones (excluding diaryl/α,β-unsaturated/α-hetero) is 1. The molecule has 1 aliphatic carbocycles. The Balaban J connectivity index is 2.10. The van der Waals surface area contributed by atoms with Crippen LogP contribution in [0.15, 0.2) is 18.2 Å². The molecule has 2 heteroatoms. The summed E-state index contributed by atoms with van der Waals surface area (Å²) >= 11 is 0. The molecule has 0 amide bonds. The summed E-state index contributed by atoms with van der Waals surface area (Å²) in [6.45, 7) is 1.92. The maximum Gasteiger partial charge on any atom is 0.136 e. The zero-order valence-electron chi connectivity index (χ0n) is 10.3. The van der Waals surface area contributed by atoms with Crippen molar-refractivity contribution in [1.82, 2.24) is 0 Å². The molecule has 0 N–H and O–H groups in total. The molecule has 0 aromatic heterocycles. The van der Waals surface area contributed by atoms with Crippen LogP contribution in [-0.2, 0) is 11.2 Å². The molecule has 1 nitrogen and oxygen atoms in total. The second kappa shape index (κ2) is 5.44. The van der Waals surface area contributed by atoms with Crippen LogP contribution in [0, 0.1) is 18.7 Å². The van der Waals surface area contributed by atoms with E-state index in [1.807, 2.05) is 13.0 Å². The molecule has 0 bridgehead atoms. The molecule has 17 heavy (non-hydrogen) atoms. The number of hydrogen-bond acceptors (Lipinski definition) is 1. The Morgan fingerprint density at radius 1 is 1.29 bits per heavy atom. The molecule has 2 rings (SSSR count). The lowest BCUT2D eigenvalue weighted by Crippen LogP contribution is -2.15. The van der Waals surface area contributed by atoms with Crippen molar-refractivity contribution < 1.29 is 9.18 Å². The van der Waals surface area contributed by atoms with Crippen molar-refractivity contribution in [2.45, 2.75) is 45.4 Å². The topological polar surface area (TPSA) is 17.1 Å². The lowest BCUT2D eigenvalue weighted by molar-refractivity contribution is -0.122. The van der Waals surface area contributed by atoms with Gasteiger partial charge in [-0.25, -0.2) is 4.39 Å². The van der Waals surface area contributed by atoms with Crippen molar-refractivity contribution in [3.8, 4) is 0 Å². The number of benzene rings is 1. The summed E-state index contributed by atoms with van der Waals surface area (Å²) in [5.41, 5.74) is 2.08. The van der Waals surface area contributed by atoms with Gasteiger partial charge in [-0.1, -0.05) is 18.9 Å². The highest BCUT2D eigenvalue weighted by atomic mass is 19.1. The molecule has 0 spiro atoms. The van der Waals surface area contributed by atoms with Gasteiger partial charge in [-0.05, 0) is 49.4 Å². The van der Waals surface area contributed by atoms with E-state index in [2.05, 4.69) is 0 Å². The predicted molar refractivity (Wildman–Crippen MR) is 66.4 cm³/mol. The van der Waals surface area contributed by atoms with Crippen LogP contribution >= 0.6 is 0 Å². The normalized spacial score (nSPS) is 21.3. The molecule has 0 aliphatic heterocycles. The smallest absolute Gasteiger partial charge is 0.136 e.